The first-order valence-electron chi connectivity index (χ1n) is 10.5. The zero-order chi connectivity index (χ0) is 22.2. The largest absolute Gasteiger partial charge is 0.587 e. The van der Waals surface area contributed by atoms with Gasteiger partial charge in [0.2, 0.25) is 4.91 Å². The Morgan fingerprint density at radius 1 is 1.23 bits per heavy atom. The molecule has 0 aliphatic heterocycles. The Kier molecular flexibility index (Phi) is 5.85. The van der Waals surface area contributed by atoms with Crippen LogP contribution in [0.25, 0.3) is 0 Å². The number of nitrogens with one attached hydrogen (secondary N) is 2. The molecule has 0 aromatic heterocycles. The lowest BCUT2D eigenvalue weighted by molar-refractivity contribution is 0.124. The third-order valence-corrected chi connectivity index (χ3v) is 7.07. The van der Waals surface area contributed by atoms with Crippen molar-refractivity contribution in [1.29, 1.82) is 5.26 Å². The summed E-state index contributed by atoms with van der Waals surface area (Å²) in [5.74, 6) is 0. The molecule has 2 amide bonds. The summed E-state index contributed by atoms with van der Waals surface area (Å²) in [6, 6.07) is 1.82. The minimum absolute atomic E-state index is 0.238. The van der Waals surface area contributed by atoms with Gasteiger partial charge >= 0.3 is 6.03 Å². The van der Waals surface area contributed by atoms with Crippen LogP contribution in [0.15, 0.2) is 67.7 Å². The molecule has 1 saturated carbocycles. The molecule has 0 spiro atoms. The van der Waals surface area contributed by atoms with E-state index in [0.717, 1.165) is 66.5 Å². The van der Waals surface area contributed by atoms with E-state index in [1.165, 1.54) is 5.57 Å². The number of amides is 2. The first-order valence-corrected chi connectivity index (χ1v) is 11.7. The zero-order valence-electron chi connectivity index (χ0n) is 17.7. The highest BCUT2D eigenvalue weighted by Gasteiger charge is 2.32. The van der Waals surface area contributed by atoms with Crippen LogP contribution in [0.2, 0.25) is 0 Å². The number of aliphatic hydroxyl groups is 1. The summed E-state index contributed by atoms with van der Waals surface area (Å²) < 4.78 is 15.2. The Hall–Kier alpha value is -2.71. The van der Waals surface area contributed by atoms with Crippen LogP contribution in [-0.2, 0) is 11.4 Å². The fraction of sp³-hybridized carbons (Fsp3) is 0.417. The Morgan fingerprint density at radius 3 is 2.68 bits per heavy atom. The van der Waals surface area contributed by atoms with Crippen molar-refractivity contribution in [2.75, 3.05) is 0 Å². The summed E-state index contributed by atoms with van der Waals surface area (Å²) in [7, 11) is 0. The minimum Gasteiger partial charge on any atom is -0.587 e. The van der Waals surface area contributed by atoms with Gasteiger partial charge in [0.15, 0.2) is 0 Å². The smallest absolute Gasteiger partial charge is 0.361 e. The third-order valence-electron chi connectivity index (χ3n) is 6.08. The van der Waals surface area contributed by atoms with Crippen LogP contribution in [0, 0.1) is 11.3 Å². The monoisotopic (exact) mass is 435 g/mol. The Balaban J connectivity index is 1.57. The maximum atomic E-state index is 12.8. The summed E-state index contributed by atoms with van der Waals surface area (Å²) in [6.45, 7) is 3.25. The van der Waals surface area contributed by atoms with Crippen molar-refractivity contribution in [3.63, 3.8) is 0 Å². The van der Waals surface area contributed by atoms with Crippen LogP contribution >= 0.6 is 0 Å². The highest BCUT2D eigenvalue weighted by atomic mass is 32.2. The molecule has 1 fully saturated rings. The van der Waals surface area contributed by atoms with E-state index in [4.69, 9.17) is 0 Å². The second-order valence-electron chi connectivity index (χ2n) is 8.65. The van der Waals surface area contributed by atoms with Crippen molar-refractivity contribution in [3.05, 3.63) is 67.7 Å². The Labute approximate surface area is 185 Å². The number of carbonyl (C=O) groups excluding carboxylic acids is 1. The number of carbonyl (C=O) groups is 1. The summed E-state index contributed by atoms with van der Waals surface area (Å²) in [5.41, 5.74) is 11.0. The van der Waals surface area contributed by atoms with E-state index in [0.29, 0.717) is 12.0 Å². The molecule has 1 atom stereocenters. The lowest BCUT2D eigenvalue weighted by Gasteiger charge is -2.20. The molecular formula is C24H25N3O3S. The maximum absolute atomic E-state index is 12.8. The molecule has 7 heteroatoms. The first-order chi connectivity index (χ1) is 14.8. The van der Waals surface area contributed by atoms with Gasteiger partial charge in [-0.25, -0.2) is 4.79 Å². The van der Waals surface area contributed by atoms with Crippen molar-refractivity contribution < 1.29 is 14.5 Å². The van der Waals surface area contributed by atoms with Gasteiger partial charge in [-0.1, -0.05) is 11.3 Å². The Morgan fingerprint density at radius 2 is 1.94 bits per heavy atom. The van der Waals surface area contributed by atoms with Gasteiger partial charge < -0.3 is 15.0 Å². The number of hydrogen-bond acceptors (Lipinski definition) is 4. The van der Waals surface area contributed by atoms with Crippen LogP contribution in [0.5, 0.6) is 0 Å². The molecule has 160 valence electrons. The lowest BCUT2D eigenvalue weighted by Crippen LogP contribution is -2.40. The van der Waals surface area contributed by atoms with E-state index in [-0.39, 0.29) is 4.91 Å². The summed E-state index contributed by atoms with van der Waals surface area (Å²) in [5, 5.41) is 22.8. The van der Waals surface area contributed by atoms with Crippen LogP contribution in [0.3, 0.4) is 0 Å². The predicted octanol–water partition coefficient (Wildman–Crippen LogP) is 4.00. The van der Waals surface area contributed by atoms with E-state index in [9.17, 15) is 19.7 Å². The molecule has 3 N–H and O–H groups in total. The SMILES string of the molecule is CC(C)(O)C1=CC([S@@+]([O-])NC(=O)NC2=C3CCCC3=C(C#N)CC3=C2CCC3)=C=C=C1. The van der Waals surface area contributed by atoms with E-state index in [2.05, 4.69) is 27.6 Å². The lowest BCUT2D eigenvalue weighted by atomic mass is 9.97. The number of fused-ring (bicyclic) bond motifs is 1. The van der Waals surface area contributed by atoms with Crippen molar-refractivity contribution >= 4 is 17.4 Å². The average Bonchev–Trinajstić information content (AvgIpc) is 3.37. The zero-order valence-corrected chi connectivity index (χ0v) is 18.5. The van der Waals surface area contributed by atoms with Crippen molar-refractivity contribution in [2.45, 2.75) is 64.4 Å². The Bertz CT molecular complexity index is 1110. The van der Waals surface area contributed by atoms with Crippen molar-refractivity contribution in [1.82, 2.24) is 10.0 Å². The second kappa shape index (κ2) is 8.43. The fourth-order valence-electron chi connectivity index (χ4n) is 4.55. The van der Waals surface area contributed by atoms with Crippen molar-refractivity contribution in [3.8, 4) is 6.07 Å². The van der Waals surface area contributed by atoms with Gasteiger partial charge in [-0.15, -0.1) is 4.72 Å². The van der Waals surface area contributed by atoms with Gasteiger partial charge in [0.25, 0.3) is 0 Å². The molecule has 0 unspecified atom stereocenters. The molecule has 4 rings (SSSR count). The molecular weight excluding hydrogens is 410 g/mol. The van der Waals surface area contributed by atoms with Crippen LogP contribution in [0.4, 0.5) is 4.79 Å². The van der Waals surface area contributed by atoms with E-state index in [1.807, 2.05) is 0 Å². The van der Waals surface area contributed by atoms with E-state index in [1.54, 1.807) is 26.0 Å². The molecule has 4 aliphatic rings. The highest BCUT2D eigenvalue weighted by molar-refractivity contribution is 7.94. The van der Waals surface area contributed by atoms with Gasteiger partial charge in [0.05, 0.1) is 11.7 Å². The molecule has 31 heavy (non-hydrogen) atoms. The summed E-state index contributed by atoms with van der Waals surface area (Å²) in [4.78, 5) is 13.0. The van der Waals surface area contributed by atoms with Gasteiger partial charge in [-0.3, -0.25) is 0 Å². The molecule has 0 aromatic carbocycles. The normalized spacial score (nSPS) is 21.3. The predicted molar refractivity (Wildman–Crippen MR) is 118 cm³/mol. The molecule has 0 heterocycles. The van der Waals surface area contributed by atoms with E-state index >= 15 is 0 Å². The van der Waals surface area contributed by atoms with Crippen molar-refractivity contribution in [2.24, 2.45) is 0 Å². The number of urea groups is 1. The van der Waals surface area contributed by atoms with Gasteiger partial charge in [0, 0.05) is 23.8 Å². The second-order valence-corrected chi connectivity index (χ2v) is 9.83. The number of allylic oxidation sites excluding steroid dienone is 6. The quantitative estimate of drug-likeness (QED) is 0.458. The van der Waals surface area contributed by atoms with Crippen LogP contribution < -0.4 is 10.0 Å². The number of nitriles is 1. The molecule has 4 aliphatic carbocycles. The number of hydrogen-bond donors (Lipinski definition) is 3. The highest BCUT2D eigenvalue weighted by Crippen LogP contribution is 2.45. The van der Waals surface area contributed by atoms with Crippen LogP contribution in [0.1, 0.15) is 58.8 Å². The standard InChI is InChI=1S/C24H25N3O3S/c1-24(2,29)17-7-4-8-18(13-17)31(30)27-23(28)26-22-20-10-3-6-15(20)12-16(14-25)19-9-5-11-21(19)22/h7,13,29H,3,5-6,9-12H2,1-2H3,(H2,26,27,28)/t31-/m1/s1. The van der Waals surface area contributed by atoms with Gasteiger partial charge in [0.1, 0.15) is 11.4 Å². The minimum atomic E-state index is -1.85. The van der Waals surface area contributed by atoms with Gasteiger partial charge in [-0.2, -0.15) is 5.26 Å². The summed E-state index contributed by atoms with van der Waals surface area (Å²) in [6.07, 6.45) is 9.26. The van der Waals surface area contributed by atoms with Crippen LogP contribution in [-0.4, -0.2) is 21.3 Å². The molecule has 0 saturated heterocycles. The third kappa shape index (κ3) is 4.36. The maximum Gasteiger partial charge on any atom is 0.361 e. The van der Waals surface area contributed by atoms with E-state index < -0.39 is 23.0 Å². The molecule has 0 aromatic rings. The van der Waals surface area contributed by atoms with Gasteiger partial charge in [-0.05, 0) is 86.5 Å². The molecule has 0 radical (unpaired) electrons. The average molecular weight is 436 g/mol. The fourth-order valence-corrected chi connectivity index (χ4v) is 5.27. The molecule has 0 bridgehead atoms. The number of nitrogens with zero attached hydrogens (tertiary/aromatic N) is 1. The summed E-state index contributed by atoms with van der Waals surface area (Å²) >= 11 is -1.85. The number of rotatable bonds is 4. The molecule has 6 nitrogen and oxygen atoms in total. The first kappa shape index (κ1) is 21.5. The topological polar surface area (TPSA) is 108 Å².